The Morgan fingerprint density at radius 2 is 2.00 bits per heavy atom. The van der Waals surface area contributed by atoms with Crippen molar-refractivity contribution in [1.29, 1.82) is 0 Å². The first-order chi connectivity index (χ1) is 10.7. The monoisotopic (exact) mass is 292 g/mol. The van der Waals surface area contributed by atoms with E-state index in [9.17, 15) is 4.79 Å². The van der Waals surface area contributed by atoms with Crippen molar-refractivity contribution in [2.75, 3.05) is 5.32 Å². The largest absolute Gasteiger partial charge is 0.321 e. The quantitative estimate of drug-likeness (QED) is 0.612. The molecule has 4 rings (SSSR count). The summed E-state index contributed by atoms with van der Waals surface area (Å²) in [5.74, 6) is 0.501. The molecule has 108 valence electrons. The van der Waals surface area contributed by atoms with E-state index < -0.39 is 0 Å². The Kier molecular flexibility index (Phi) is 2.65. The van der Waals surface area contributed by atoms with Crippen LogP contribution in [0.2, 0.25) is 0 Å². The number of anilines is 1. The molecule has 0 unspecified atom stereocenters. The average Bonchev–Trinajstić information content (AvgIpc) is 3.10. The molecule has 1 amide bonds. The first kappa shape index (κ1) is 12.5. The molecule has 0 aliphatic rings. The minimum Gasteiger partial charge on any atom is -0.321 e. The summed E-state index contributed by atoms with van der Waals surface area (Å²) in [6.45, 7) is 1.82. The number of amides is 1. The molecule has 7 nitrogen and oxygen atoms in total. The Hall–Kier alpha value is -3.22. The molecular formula is C15H12N6O. The van der Waals surface area contributed by atoms with Crippen LogP contribution in [-0.2, 0) is 0 Å². The Labute approximate surface area is 125 Å². The van der Waals surface area contributed by atoms with Crippen molar-refractivity contribution in [2.24, 2.45) is 0 Å². The van der Waals surface area contributed by atoms with Gasteiger partial charge in [0, 0.05) is 18.6 Å². The standard InChI is InChI=1S/C15H12N6O/c1-10-17-14-5-3-12(9-21(14)19-10)18-15(22)11-2-4-13-16-6-7-20(13)8-11/h2-9H,1H3,(H,18,22). The van der Waals surface area contributed by atoms with E-state index in [1.54, 1.807) is 51.9 Å². The molecule has 4 aromatic heterocycles. The number of nitrogens with one attached hydrogen (secondary N) is 1. The van der Waals surface area contributed by atoms with Gasteiger partial charge in [-0.3, -0.25) is 4.79 Å². The van der Waals surface area contributed by atoms with Crippen LogP contribution < -0.4 is 5.32 Å². The zero-order valence-corrected chi connectivity index (χ0v) is 11.8. The fraction of sp³-hybridized carbons (Fsp3) is 0.0667. The lowest BCUT2D eigenvalue weighted by molar-refractivity contribution is 0.102. The number of fused-ring (bicyclic) bond motifs is 2. The van der Waals surface area contributed by atoms with Gasteiger partial charge in [-0.15, -0.1) is 0 Å². The normalized spacial score (nSPS) is 11.1. The van der Waals surface area contributed by atoms with Crippen LogP contribution in [0.1, 0.15) is 16.2 Å². The molecule has 7 heteroatoms. The van der Waals surface area contributed by atoms with E-state index in [-0.39, 0.29) is 5.91 Å². The summed E-state index contributed by atoms with van der Waals surface area (Å²) in [5.41, 5.74) is 2.76. The van der Waals surface area contributed by atoms with Gasteiger partial charge in [-0.05, 0) is 31.2 Å². The molecule has 0 atom stereocenters. The van der Waals surface area contributed by atoms with Crippen LogP contribution in [0.25, 0.3) is 11.3 Å². The third-order valence-corrected chi connectivity index (χ3v) is 3.35. The predicted octanol–water partition coefficient (Wildman–Crippen LogP) is 1.94. The summed E-state index contributed by atoms with van der Waals surface area (Å²) in [7, 11) is 0. The maximum absolute atomic E-state index is 12.3. The maximum Gasteiger partial charge on any atom is 0.257 e. The molecule has 4 aromatic rings. The van der Waals surface area contributed by atoms with E-state index in [2.05, 4.69) is 20.4 Å². The van der Waals surface area contributed by atoms with Crippen LogP contribution in [0.3, 0.4) is 0 Å². The number of nitrogens with zero attached hydrogens (tertiary/aromatic N) is 5. The Morgan fingerprint density at radius 1 is 1.14 bits per heavy atom. The van der Waals surface area contributed by atoms with Crippen molar-refractivity contribution in [2.45, 2.75) is 6.92 Å². The van der Waals surface area contributed by atoms with Crippen LogP contribution in [0, 0.1) is 6.92 Å². The van der Waals surface area contributed by atoms with Crippen LogP contribution >= 0.6 is 0 Å². The molecule has 4 heterocycles. The summed E-state index contributed by atoms with van der Waals surface area (Å²) in [4.78, 5) is 20.7. The van der Waals surface area contributed by atoms with Gasteiger partial charge in [-0.2, -0.15) is 5.10 Å². The van der Waals surface area contributed by atoms with Gasteiger partial charge in [0.15, 0.2) is 5.65 Å². The number of carbonyl (C=O) groups is 1. The third kappa shape index (κ3) is 2.08. The minimum absolute atomic E-state index is 0.188. The fourth-order valence-corrected chi connectivity index (χ4v) is 2.33. The van der Waals surface area contributed by atoms with E-state index >= 15 is 0 Å². The van der Waals surface area contributed by atoms with Gasteiger partial charge < -0.3 is 9.72 Å². The maximum atomic E-state index is 12.3. The van der Waals surface area contributed by atoms with Gasteiger partial charge in [-0.25, -0.2) is 14.5 Å². The summed E-state index contributed by atoms with van der Waals surface area (Å²) in [6, 6.07) is 7.17. The van der Waals surface area contributed by atoms with Crippen molar-refractivity contribution < 1.29 is 4.79 Å². The number of aromatic nitrogens is 5. The first-order valence-corrected chi connectivity index (χ1v) is 6.76. The van der Waals surface area contributed by atoms with Crippen LogP contribution in [0.4, 0.5) is 5.69 Å². The second kappa shape index (κ2) is 4.66. The van der Waals surface area contributed by atoms with Crippen LogP contribution in [0.15, 0.2) is 49.1 Å². The molecule has 0 radical (unpaired) electrons. The molecule has 0 saturated heterocycles. The molecule has 0 saturated carbocycles. The van der Waals surface area contributed by atoms with Crippen molar-refractivity contribution in [1.82, 2.24) is 24.0 Å². The second-order valence-electron chi connectivity index (χ2n) is 4.94. The zero-order chi connectivity index (χ0) is 15.1. The molecule has 0 aromatic carbocycles. The van der Waals surface area contributed by atoms with Crippen LogP contribution in [0.5, 0.6) is 0 Å². The summed E-state index contributed by atoms with van der Waals surface area (Å²) < 4.78 is 3.45. The van der Waals surface area contributed by atoms with Gasteiger partial charge in [0.2, 0.25) is 0 Å². The molecule has 0 spiro atoms. The highest BCUT2D eigenvalue weighted by atomic mass is 16.1. The Bertz CT molecular complexity index is 1000. The smallest absolute Gasteiger partial charge is 0.257 e. The van der Waals surface area contributed by atoms with Crippen molar-refractivity contribution in [3.8, 4) is 0 Å². The highest BCUT2D eigenvalue weighted by Crippen LogP contribution is 2.12. The predicted molar refractivity (Wildman–Crippen MR) is 80.9 cm³/mol. The third-order valence-electron chi connectivity index (χ3n) is 3.35. The summed E-state index contributed by atoms with van der Waals surface area (Å²) in [6.07, 6.45) is 6.98. The number of hydrogen-bond donors (Lipinski definition) is 1. The van der Waals surface area contributed by atoms with E-state index in [0.717, 1.165) is 11.3 Å². The van der Waals surface area contributed by atoms with Crippen LogP contribution in [-0.4, -0.2) is 29.9 Å². The Balaban J connectivity index is 1.64. The SMILES string of the molecule is Cc1nc2ccc(NC(=O)c3ccc4nccn4c3)cn2n1. The van der Waals surface area contributed by atoms with Gasteiger partial charge in [0.1, 0.15) is 11.5 Å². The lowest BCUT2D eigenvalue weighted by Crippen LogP contribution is -2.13. The number of hydrogen-bond acceptors (Lipinski definition) is 4. The van der Waals surface area contributed by atoms with Crippen molar-refractivity contribution >= 4 is 22.9 Å². The van der Waals surface area contributed by atoms with E-state index in [4.69, 9.17) is 0 Å². The molecule has 1 N–H and O–H groups in total. The first-order valence-electron chi connectivity index (χ1n) is 6.76. The molecule has 0 bridgehead atoms. The van der Waals surface area contributed by atoms with Gasteiger partial charge >= 0.3 is 0 Å². The molecule has 0 aliphatic heterocycles. The molecular weight excluding hydrogens is 280 g/mol. The van der Waals surface area contributed by atoms with Crippen molar-refractivity contribution in [3.63, 3.8) is 0 Å². The van der Waals surface area contributed by atoms with Gasteiger partial charge in [0.25, 0.3) is 5.91 Å². The topological polar surface area (TPSA) is 76.6 Å². The lowest BCUT2D eigenvalue weighted by atomic mass is 10.2. The molecule has 22 heavy (non-hydrogen) atoms. The second-order valence-corrected chi connectivity index (χ2v) is 4.94. The number of imidazole rings is 1. The molecule has 0 aliphatic carbocycles. The minimum atomic E-state index is -0.188. The highest BCUT2D eigenvalue weighted by Gasteiger charge is 2.08. The number of rotatable bonds is 2. The average molecular weight is 292 g/mol. The van der Waals surface area contributed by atoms with E-state index in [0.29, 0.717) is 17.1 Å². The van der Waals surface area contributed by atoms with Gasteiger partial charge in [-0.1, -0.05) is 0 Å². The number of pyridine rings is 2. The van der Waals surface area contributed by atoms with E-state index in [1.165, 1.54) is 0 Å². The zero-order valence-electron chi connectivity index (χ0n) is 11.8. The molecule has 0 fully saturated rings. The fourth-order valence-electron chi connectivity index (χ4n) is 2.33. The van der Waals surface area contributed by atoms with E-state index in [1.807, 2.05) is 13.0 Å². The van der Waals surface area contributed by atoms with Crippen molar-refractivity contribution in [3.05, 3.63) is 60.4 Å². The highest BCUT2D eigenvalue weighted by molar-refractivity contribution is 6.04. The number of aryl methyl sites for hydroxylation is 1. The number of carbonyl (C=O) groups excluding carboxylic acids is 1. The lowest BCUT2D eigenvalue weighted by Gasteiger charge is -2.06. The summed E-state index contributed by atoms with van der Waals surface area (Å²) in [5, 5.41) is 7.08. The summed E-state index contributed by atoms with van der Waals surface area (Å²) >= 11 is 0. The Morgan fingerprint density at radius 3 is 2.91 bits per heavy atom. The van der Waals surface area contributed by atoms with Gasteiger partial charge in [0.05, 0.1) is 17.4 Å².